The molecule has 0 aromatic carbocycles. The monoisotopic (exact) mass is 258 g/mol. The van der Waals surface area contributed by atoms with Gasteiger partial charge in [-0.2, -0.15) is 5.10 Å². The van der Waals surface area contributed by atoms with Gasteiger partial charge in [0.25, 0.3) is 0 Å². The number of aryl methyl sites for hydroxylation is 2. The summed E-state index contributed by atoms with van der Waals surface area (Å²) in [4.78, 5) is 12.0. The van der Waals surface area contributed by atoms with Gasteiger partial charge in [0.1, 0.15) is 0 Å². The van der Waals surface area contributed by atoms with E-state index in [1.807, 2.05) is 17.6 Å². The van der Waals surface area contributed by atoms with Gasteiger partial charge in [0.2, 0.25) is 0 Å². The van der Waals surface area contributed by atoms with Crippen molar-refractivity contribution >= 4 is 11.5 Å². The lowest BCUT2D eigenvalue weighted by molar-refractivity contribution is -0.152. The van der Waals surface area contributed by atoms with Crippen LogP contribution in [0.5, 0.6) is 0 Å². The van der Waals surface area contributed by atoms with Crippen LogP contribution < -0.4 is 0 Å². The van der Waals surface area contributed by atoms with E-state index >= 15 is 0 Å². The lowest BCUT2D eigenvalue weighted by Gasteiger charge is -2.30. The summed E-state index contributed by atoms with van der Waals surface area (Å²) in [5.74, 6) is -0.121. The Labute approximate surface area is 112 Å². The molecule has 1 aliphatic rings. The molecule has 2 aromatic rings. The van der Waals surface area contributed by atoms with Crippen molar-refractivity contribution in [3.05, 3.63) is 35.2 Å². The van der Waals surface area contributed by atoms with Crippen molar-refractivity contribution in [1.29, 1.82) is 0 Å². The maximum Gasteiger partial charge on any atom is 0.311 e. The summed E-state index contributed by atoms with van der Waals surface area (Å²) in [6.07, 6.45) is 4.38. The molecule has 1 aliphatic carbocycles. The Kier molecular flexibility index (Phi) is 2.62. The van der Waals surface area contributed by atoms with E-state index in [1.165, 1.54) is 18.2 Å². The lowest BCUT2D eigenvalue weighted by Crippen LogP contribution is -2.34. The molecule has 1 atom stereocenters. The highest BCUT2D eigenvalue weighted by Gasteiger charge is 2.39. The third kappa shape index (κ3) is 1.82. The molecule has 0 bridgehead atoms. The van der Waals surface area contributed by atoms with Crippen LogP contribution >= 0.6 is 0 Å². The third-order valence-corrected chi connectivity index (χ3v) is 4.12. The van der Waals surface area contributed by atoms with E-state index in [1.54, 1.807) is 0 Å². The number of methoxy groups -OCH3 is 1. The van der Waals surface area contributed by atoms with Gasteiger partial charge in [-0.1, -0.05) is 6.07 Å². The van der Waals surface area contributed by atoms with E-state index in [-0.39, 0.29) is 5.97 Å². The highest BCUT2D eigenvalue weighted by atomic mass is 16.5. The zero-order valence-electron chi connectivity index (χ0n) is 11.6. The van der Waals surface area contributed by atoms with Crippen LogP contribution in [0.2, 0.25) is 0 Å². The molecular weight excluding hydrogens is 240 g/mol. The van der Waals surface area contributed by atoms with Crippen molar-refractivity contribution in [2.75, 3.05) is 7.11 Å². The first-order valence-electron chi connectivity index (χ1n) is 6.59. The fourth-order valence-corrected chi connectivity index (χ4v) is 2.94. The molecule has 0 saturated heterocycles. The minimum atomic E-state index is -0.420. The lowest BCUT2D eigenvalue weighted by atomic mass is 9.74. The quantitative estimate of drug-likeness (QED) is 0.737. The number of nitrogens with zero attached hydrogens (tertiary/aromatic N) is 2. The Morgan fingerprint density at radius 2 is 2.26 bits per heavy atom. The summed E-state index contributed by atoms with van der Waals surface area (Å²) < 4.78 is 6.88. The predicted octanol–water partition coefficient (Wildman–Crippen LogP) is 2.31. The SMILES string of the molecule is COC(=O)C1(C)CCc2nn3cc(C)ccc3c2C1. The molecule has 0 amide bonds. The van der Waals surface area contributed by atoms with Crippen LogP contribution in [0.3, 0.4) is 0 Å². The molecule has 3 rings (SSSR count). The first kappa shape index (κ1) is 12.2. The van der Waals surface area contributed by atoms with Gasteiger partial charge in [-0.3, -0.25) is 4.79 Å². The summed E-state index contributed by atoms with van der Waals surface area (Å²) in [5, 5.41) is 4.63. The zero-order chi connectivity index (χ0) is 13.6. The second-order valence-electron chi connectivity index (χ2n) is 5.69. The van der Waals surface area contributed by atoms with E-state index in [2.05, 4.69) is 24.2 Å². The molecule has 1 unspecified atom stereocenters. The summed E-state index contributed by atoms with van der Waals surface area (Å²) in [5.41, 5.74) is 4.18. The Bertz CT molecular complexity index is 659. The van der Waals surface area contributed by atoms with Gasteiger partial charge in [-0.15, -0.1) is 0 Å². The highest BCUT2D eigenvalue weighted by Crippen LogP contribution is 2.37. The van der Waals surface area contributed by atoms with Crippen molar-refractivity contribution in [2.45, 2.75) is 33.1 Å². The van der Waals surface area contributed by atoms with E-state index in [0.717, 1.165) is 24.1 Å². The van der Waals surface area contributed by atoms with Crippen molar-refractivity contribution < 1.29 is 9.53 Å². The van der Waals surface area contributed by atoms with E-state index in [4.69, 9.17) is 4.74 Å². The zero-order valence-corrected chi connectivity index (χ0v) is 11.6. The highest BCUT2D eigenvalue weighted by molar-refractivity contribution is 5.78. The Morgan fingerprint density at radius 1 is 1.47 bits per heavy atom. The molecule has 0 spiro atoms. The normalized spacial score (nSPS) is 22.3. The molecule has 4 heteroatoms. The van der Waals surface area contributed by atoms with Crippen molar-refractivity contribution in [3.8, 4) is 0 Å². The second-order valence-corrected chi connectivity index (χ2v) is 5.69. The summed E-state index contributed by atoms with van der Waals surface area (Å²) >= 11 is 0. The van der Waals surface area contributed by atoms with Crippen molar-refractivity contribution in [1.82, 2.24) is 9.61 Å². The summed E-state index contributed by atoms with van der Waals surface area (Å²) in [6.45, 7) is 4.04. The smallest absolute Gasteiger partial charge is 0.311 e. The van der Waals surface area contributed by atoms with Gasteiger partial charge in [-0.05, 0) is 44.7 Å². The number of hydrogen-bond donors (Lipinski definition) is 0. The Balaban J connectivity index is 2.09. The van der Waals surface area contributed by atoms with E-state index in [0.29, 0.717) is 6.42 Å². The van der Waals surface area contributed by atoms with Gasteiger partial charge in [0, 0.05) is 11.8 Å². The van der Waals surface area contributed by atoms with E-state index in [9.17, 15) is 4.79 Å². The van der Waals surface area contributed by atoms with Crippen LogP contribution in [-0.4, -0.2) is 22.7 Å². The van der Waals surface area contributed by atoms with Gasteiger partial charge in [-0.25, -0.2) is 4.52 Å². The summed E-state index contributed by atoms with van der Waals surface area (Å²) in [7, 11) is 1.46. The molecule has 0 saturated carbocycles. The molecule has 0 N–H and O–H groups in total. The number of esters is 1. The van der Waals surface area contributed by atoms with Gasteiger partial charge >= 0.3 is 5.97 Å². The minimum Gasteiger partial charge on any atom is -0.469 e. The number of hydrogen-bond acceptors (Lipinski definition) is 3. The topological polar surface area (TPSA) is 43.6 Å². The average molecular weight is 258 g/mol. The van der Waals surface area contributed by atoms with Crippen LogP contribution in [0.4, 0.5) is 0 Å². The maximum atomic E-state index is 12.0. The van der Waals surface area contributed by atoms with Gasteiger partial charge in [0.15, 0.2) is 0 Å². The van der Waals surface area contributed by atoms with Crippen LogP contribution in [-0.2, 0) is 22.4 Å². The maximum absolute atomic E-state index is 12.0. The molecule has 100 valence electrons. The number of carbonyl (C=O) groups is 1. The Morgan fingerprint density at radius 3 is 3.00 bits per heavy atom. The van der Waals surface area contributed by atoms with Crippen LogP contribution in [0.15, 0.2) is 18.3 Å². The third-order valence-electron chi connectivity index (χ3n) is 4.12. The first-order valence-corrected chi connectivity index (χ1v) is 6.59. The Hall–Kier alpha value is -1.84. The second kappa shape index (κ2) is 4.08. The molecule has 19 heavy (non-hydrogen) atoms. The molecular formula is C15H18N2O2. The predicted molar refractivity (Wildman–Crippen MR) is 72.1 cm³/mol. The molecule has 0 fully saturated rings. The number of ether oxygens (including phenoxy) is 1. The van der Waals surface area contributed by atoms with Gasteiger partial charge in [0.05, 0.1) is 23.7 Å². The van der Waals surface area contributed by atoms with Crippen molar-refractivity contribution in [2.24, 2.45) is 5.41 Å². The van der Waals surface area contributed by atoms with Crippen LogP contribution in [0.25, 0.3) is 5.52 Å². The van der Waals surface area contributed by atoms with Crippen LogP contribution in [0, 0.1) is 12.3 Å². The molecule has 2 heterocycles. The standard InChI is InChI=1S/C15H18N2O2/c1-10-4-5-13-11-8-15(2,14(18)19-3)7-6-12(11)16-17(13)9-10/h4-5,9H,6-8H2,1-3H3. The molecule has 2 aromatic heterocycles. The number of rotatable bonds is 1. The minimum absolute atomic E-state index is 0.121. The first-order chi connectivity index (χ1) is 9.03. The van der Waals surface area contributed by atoms with Crippen LogP contribution in [0.1, 0.15) is 30.2 Å². The van der Waals surface area contributed by atoms with Crippen molar-refractivity contribution in [3.63, 3.8) is 0 Å². The van der Waals surface area contributed by atoms with E-state index < -0.39 is 5.41 Å². The summed E-state index contributed by atoms with van der Waals surface area (Å²) in [6, 6.07) is 4.17. The fourth-order valence-electron chi connectivity index (χ4n) is 2.94. The fraction of sp³-hybridized carbons (Fsp3) is 0.467. The molecule has 4 nitrogen and oxygen atoms in total. The van der Waals surface area contributed by atoms with Gasteiger partial charge < -0.3 is 4.74 Å². The number of pyridine rings is 1. The molecule has 0 radical (unpaired) electrons. The molecule has 0 aliphatic heterocycles. The number of aromatic nitrogens is 2. The number of carbonyl (C=O) groups excluding carboxylic acids is 1. The largest absolute Gasteiger partial charge is 0.469 e. The average Bonchev–Trinajstić information content (AvgIpc) is 2.74. The number of fused-ring (bicyclic) bond motifs is 3.